The molecule has 1 N–H and O–H groups in total. The Morgan fingerprint density at radius 3 is 2.56 bits per heavy atom. The summed E-state index contributed by atoms with van der Waals surface area (Å²) in [5.74, 6) is 2.19. The van der Waals surface area contributed by atoms with Crippen molar-refractivity contribution in [2.45, 2.75) is 6.54 Å². The summed E-state index contributed by atoms with van der Waals surface area (Å²) < 4.78 is 20.9. The van der Waals surface area contributed by atoms with Crippen molar-refractivity contribution in [2.24, 2.45) is 0 Å². The second-order valence-electron chi connectivity index (χ2n) is 5.49. The van der Waals surface area contributed by atoms with Crippen molar-refractivity contribution in [1.82, 2.24) is 15.5 Å². The first-order valence-corrected chi connectivity index (χ1v) is 8.12. The summed E-state index contributed by atoms with van der Waals surface area (Å²) in [5.41, 5.74) is 1.14. The van der Waals surface area contributed by atoms with Gasteiger partial charge in [0.2, 0.25) is 11.7 Å². The van der Waals surface area contributed by atoms with Crippen LogP contribution in [0.25, 0.3) is 11.4 Å². The average molecular weight is 369 g/mol. The van der Waals surface area contributed by atoms with Gasteiger partial charge in [-0.15, -0.1) is 0 Å². The number of ether oxygens (including phenoxy) is 3. The van der Waals surface area contributed by atoms with E-state index in [-0.39, 0.29) is 18.3 Å². The lowest BCUT2D eigenvalue weighted by atomic mass is 10.2. The number of carbonyl (C=O) groups is 1. The van der Waals surface area contributed by atoms with Crippen molar-refractivity contribution in [3.05, 3.63) is 53.9 Å². The molecular weight excluding hydrogens is 350 g/mol. The summed E-state index contributed by atoms with van der Waals surface area (Å²) >= 11 is 0. The monoisotopic (exact) mass is 369 g/mol. The standard InChI is InChI=1S/C19H19N3O5/c1-24-13-6-4-5-12(9-13)19(23)20-11-17-21-18(22-27-17)15-8-7-14(25-2)10-16(15)26-3/h4-10H,11H2,1-3H3,(H,20,23). The van der Waals surface area contributed by atoms with E-state index >= 15 is 0 Å². The zero-order valence-corrected chi connectivity index (χ0v) is 15.2. The molecule has 140 valence electrons. The van der Waals surface area contributed by atoms with Gasteiger partial charge in [0.15, 0.2) is 0 Å². The Hall–Kier alpha value is -3.55. The highest BCUT2D eigenvalue weighted by atomic mass is 16.5. The lowest BCUT2D eigenvalue weighted by Crippen LogP contribution is -2.22. The molecule has 0 radical (unpaired) electrons. The Kier molecular flexibility index (Phi) is 5.55. The number of rotatable bonds is 7. The van der Waals surface area contributed by atoms with Crippen LogP contribution >= 0.6 is 0 Å². The van der Waals surface area contributed by atoms with Crippen LogP contribution in [-0.4, -0.2) is 37.4 Å². The summed E-state index contributed by atoms with van der Waals surface area (Å²) in [7, 11) is 4.67. The molecule has 1 amide bonds. The maximum Gasteiger partial charge on any atom is 0.251 e. The summed E-state index contributed by atoms with van der Waals surface area (Å²) in [5, 5.41) is 6.69. The summed E-state index contributed by atoms with van der Waals surface area (Å²) in [6, 6.07) is 12.1. The molecule has 0 atom stereocenters. The van der Waals surface area contributed by atoms with Gasteiger partial charge in [-0.3, -0.25) is 4.79 Å². The van der Waals surface area contributed by atoms with Crippen LogP contribution in [0, 0.1) is 0 Å². The zero-order valence-electron chi connectivity index (χ0n) is 15.2. The average Bonchev–Trinajstić information content (AvgIpc) is 3.20. The molecule has 0 spiro atoms. The Bertz CT molecular complexity index is 939. The molecule has 8 nitrogen and oxygen atoms in total. The first-order valence-electron chi connectivity index (χ1n) is 8.12. The molecule has 0 bridgehead atoms. The zero-order chi connectivity index (χ0) is 19.2. The van der Waals surface area contributed by atoms with Crippen LogP contribution in [0.4, 0.5) is 0 Å². The second-order valence-corrected chi connectivity index (χ2v) is 5.49. The van der Waals surface area contributed by atoms with Gasteiger partial charge in [0.1, 0.15) is 17.2 Å². The Labute approximate surface area is 156 Å². The molecule has 8 heteroatoms. The van der Waals surface area contributed by atoms with Gasteiger partial charge in [0.25, 0.3) is 5.91 Å². The molecule has 0 saturated heterocycles. The molecule has 0 saturated carbocycles. The van der Waals surface area contributed by atoms with Gasteiger partial charge in [-0.1, -0.05) is 11.2 Å². The molecule has 1 heterocycles. The molecule has 2 aromatic carbocycles. The van der Waals surface area contributed by atoms with Crippen molar-refractivity contribution in [3.8, 4) is 28.6 Å². The number of amides is 1. The fourth-order valence-electron chi connectivity index (χ4n) is 2.44. The number of hydrogen-bond acceptors (Lipinski definition) is 7. The van der Waals surface area contributed by atoms with E-state index < -0.39 is 0 Å². The second kappa shape index (κ2) is 8.22. The molecule has 3 rings (SSSR count). The lowest BCUT2D eigenvalue weighted by molar-refractivity contribution is 0.0946. The third kappa shape index (κ3) is 4.17. The Balaban J connectivity index is 1.70. The fourth-order valence-corrected chi connectivity index (χ4v) is 2.44. The van der Waals surface area contributed by atoms with Crippen LogP contribution in [0.3, 0.4) is 0 Å². The minimum atomic E-state index is -0.268. The van der Waals surface area contributed by atoms with Gasteiger partial charge in [0.05, 0.1) is 33.4 Å². The van der Waals surface area contributed by atoms with Gasteiger partial charge >= 0.3 is 0 Å². The van der Waals surface area contributed by atoms with E-state index in [4.69, 9.17) is 18.7 Å². The molecule has 3 aromatic rings. The number of aromatic nitrogens is 2. The first-order chi connectivity index (χ1) is 13.1. The normalized spacial score (nSPS) is 10.3. The maximum atomic E-state index is 12.2. The molecule has 0 unspecified atom stereocenters. The number of carbonyl (C=O) groups excluding carboxylic acids is 1. The van der Waals surface area contributed by atoms with E-state index in [1.165, 1.54) is 0 Å². The Morgan fingerprint density at radius 2 is 1.81 bits per heavy atom. The first kappa shape index (κ1) is 18.2. The van der Waals surface area contributed by atoms with Crippen LogP contribution in [0.5, 0.6) is 17.2 Å². The molecule has 0 fully saturated rings. The largest absolute Gasteiger partial charge is 0.497 e. The van der Waals surface area contributed by atoms with Crippen LogP contribution in [0.15, 0.2) is 47.0 Å². The number of nitrogens with zero attached hydrogens (tertiary/aromatic N) is 2. The van der Waals surface area contributed by atoms with Gasteiger partial charge in [-0.05, 0) is 30.3 Å². The molecule has 0 aliphatic heterocycles. The predicted molar refractivity (Wildman–Crippen MR) is 97.0 cm³/mol. The number of nitrogens with one attached hydrogen (secondary N) is 1. The predicted octanol–water partition coefficient (Wildman–Crippen LogP) is 2.69. The Morgan fingerprint density at radius 1 is 1.04 bits per heavy atom. The summed E-state index contributed by atoms with van der Waals surface area (Å²) in [4.78, 5) is 16.5. The third-order valence-electron chi connectivity index (χ3n) is 3.85. The smallest absolute Gasteiger partial charge is 0.251 e. The van der Waals surface area contributed by atoms with Gasteiger partial charge in [-0.25, -0.2) is 0 Å². The van der Waals surface area contributed by atoms with Crippen LogP contribution < -0.4 is 19.5 Å². The number of hydrogen-bond donors (Lipinski definition) is 1. The van der Waals surface area contributed by atoms with Crippen molar-refractivity contribution < 1.29 is 23.5 Å². The van der Waals surface area contributed by atoms with Gasteiger partial charge in [0, 0.05) is 11.6 Å². The highest BCUT2D eigenvalue weighted by Gasteiger charge is 2.15. The number of methoxy groups -OCH3 is 3. The SMILES string of the molecule is COc1cccc(C(=O)NCc2nc(-c3ccc(OC)cc3OC)no2)c1. The van der Waals surface area contributed by atoms with Crippen molar-refractivity contribution in [3.63, 3.8) is 0 Å². The quantitative estimate of drug-likeness (QED) is 0.684. The topological polar surface area (TPSA) is 95.7 Å². The minimum Gasteiger partial charge on any atom is -0.497 e. The highest BCUT2D eigenvalue weighted by Crippen LogP contribution is 2.31. The third-order valence-corrected chi connectivity index (χ3v) is 3.85. The minimum absolute atomic E-state index is 0.0987. The van der Waals surface area contributed by atoms with Gasteiger partial charge < -0.3 is 24.1 Å². The van der Waals surface area contributed by atoms with Crippen LogP contribution in [0.2, 0.25) is 0 Å². The van der Waals surface area contributed by atoms with E-state index in [1.807, 2.05) is 0 Å². The van der Waals surface area contributed by atoms with Crippen molar-refractivity contribution >= 4 is 5.91 Å². The van der Waals surface area contributed by atoms with E-state index in [1.54, 1.807) is 63.8 Å². The highest BCUT2D eigenvalue weighted by molar-refractivity contribution is 5.94. The van der Waals surface area contributed by atoms with Gasteiger partial charge in [-0.2, -0.15) is 4.98 Å². The maximum absolute atomic E-state index is 12.2. The molecule has 0 aliphatic rings. The molecule has 1 aromatic heterocycles. The van der Waals surface area contributed by atoms with E-state index in [0.29, 0.717) is 34.2 Å². The van der Waals surface area contributed by atoms with Crippen LogP contribution in [0.1, 0.15) is 16.2 Å². The summed E-state index contributed by atoms with van der Waals surface area (Å²) in [6.45, 7) is 0.0987. The van der Waals surface area contributed by atoms with Crippen molar-refractivity contribution in [2.75, 3.05) is 21.3 Å². The van der Waals surface area contributed by atoms with E-state index in [2.05, 4.69) is 15.5 Å². The number of benzene rings is 2. The fraction of sp³-hybridized carbons (Fsp3) is 0.211. The van der Waals surface area contributed by atoms with E-state index in [9.17, 15) is 4.79 Å². The molecule has 27 heavy (non-hydrogen) atoms. The molecular formula is C19H19N3O5. The lowest BCUT2D eigenvalue weighted by Gasteiger charge is -2.07. The molecule has 0 aliphatic carbocycles. The van der Waals surface area contributed by atoms with Crippen LogP contribution in [-0.2, 0) is 6.54 Å². The summed E-state index contributed by atoms with van der Waals surface area (Å²) in [6.07, 6.45) is 0. The van der Waals surface area contributed by atoms with E-state index in [0.717, 1.165) is 0 Å². The van der Waals surface area contributed by atoms with Crippen molar-refractivity contribution in [1.29, 1.82) is 0 Å².